The lowest BCUT2D eigenvalue weighted by Crippen LogP contribution is -2.15. The Morgan fingerprint density at radius 3 is 3.06 bits per heavy atom. The first-order valence-electron chi connectivity index (χ1n) is 6.07. The van der Waals surface area contributed by atoms with Crippen LogP contribution in [0.1, 0.15) is 25.7 Å². The highest BCUT2D eigenvalue weighted by Gasteiger charge is 2.16. The van der Waals surface area contributed by atoms with Gasteiger partial charge in [0.15, 0.2) is 5.65 Å². The number of nitrogens with one attached hydrogen (secondary N) is 1. The fraction of sp³-hybridized carbons (Fsp3) is 0.500. The number of hydrogen-bond acceptors (Lipinski definition) is 3. The molecule has 0 radical (unpaired) electrons. The molecule has 4 nitrogen and oxygen atoms in total. The van der Waals surface area contributed by atoms with Gasteiger partial charge >= 0.3 is 0 Å². The second kappa shape index (κ2) is 4.64. The monoisotopic (exact) mass is 294 g/mol. The zero-order valence-electron chi connectivity index (χ0n) is 9.56. The number of halogens is 1. The molecule has 2 aromatic rings. The molecule has 90 valence electrons. The molecule has 2 heterocycles. The van der Waals surface area contributed by atoms with Crippen LogP contribution in [0, 0.1) is 5.92 Å². The fourth-order valence-corrected chi connectivity index (χ4v) is 2.43. The van der Waals surface area contributed by atoms with Crippen molar-refractivity contribution in [2.45, 2.75) is 25.7 Å². The van der Waals surface area contributed by atoms with Gasteiger partial charge in [0.1, 0.15) is 0 Å². The van der Waals surface area contributed by atoms with Gasteiger partial charge in [0.2, 0.25) is 5.95 Å². The first kappa shape index (κ1) is 11.0. The molecule has 0 bridgehead atoms. The van der Waals surface area contributed by atoms with Gasteiger partial charge in [-0.2, -0.15) is 4.98 Å². The summed E-state index contributed by atoms with van der Waals surface area (Å²) in [4.78, 5) is 4.41. The third-order valence-electron chi connectivity index (χ3n) is 3.36. The van der Waals surface area contributed by atoms with E-state index in [2.05, 4.69) is 31.3 Å². The Bertz CT molecular complexity index is 518. The summed E-state index contributed by atoms with van der Waals surface area (Å²) in [7, 11) is 0. The van der Waals surface area contributed by atoms with Crippen molar-refractivity contribution in [2.24, 2.45) is 5.92 Å². The summed E-state index contributed by atoms with van der Waals surface area (Å²) >= 11 is 3.42. The van der Waals surface area contributed by atoms with Crippen LogP contribution in [0.25, 0.3) is 5.65 Å². The first-order valence-corrected chi connectivity index (χ1v) is 6.86. The van der Waals surface area contributed by atoms with Gasteiger partial charge in [-0.1, -0.05) is 19.3 Å². The largest absolute Gasteiger partial charge is 0.353 e. The molecule has 0 amide bonds. The third kappa shape index (κ3) is 2.44. The maximum absolute atomic E-state index is 4.41. The molecule has 2 aromatic heterocycles. The molecule has 0 spiro atoms. The van der Waals surface area contributed by atoms with E-state index in [9.17, 15) is 0 Å². The van der Waals surface area contributed by atoms with Crippen molar-refractivity contribution in [1.82, 2.24) is 14.6 Å². The fourth-order valence-electron chi connectivity index (χ4n) is 2.10. The third-order valence-corrected chi connectivity index (χ3v) is 3.82. The average Bonchev–Trinajstić information content (AvgIpc) is 2.63. The van der Waals surface area contributed by atoms with E-state index in [4.69, 9.17) is 0 Å². The summed E-state index contributed by atoms with van der Waals surface area (Å²) in [6.07, 6.45) is 7.35. The van der Waals surface area contributed by atoms with Gasteiger partial charge in [0.25, 0.3) is 0 Å². The molecule has 1 N–H and O–H groups in total. The second-order valence-electron chi connectivity index (χ2n) is 4.60. The minimum Gasteiger partial charge on any atom is -0.353 e. The van der Waals surface area contributed by atoms with E-state index in [1.54, 1.807) is 4.52 Å². The first-order chi connectivity index (χ1) is 8.31. The normalized spacial score (nSPS) is 16.1. The van der Waals surface area contributed by atoms with Crippen LogP contribution in [-0.2, 0) is 0 Å². The molecule has 5 heteroatoms. The highest BCUT2D eigenvalue weighted by molar-refractivity contribution is 9.10. The van der Waals surface area contributed by atoms with Crippen molar-refractivity contribution >= 4 is 27.5 Å². The SMILES string of the molecule is Brc1ccc2nc(NCCC3CCC3)nn2c1. The van der Waals surface area contributed by atoms with Crippen LogP contribution >= 0.6 is 15.9 Å². The number of pyridine rings is 1. The van der Waals surface area contributed by atoms with Crippen LogP contribution in [0.3, 0.4) is 0 Å². The Morgan fingerprint density at radius 2 is 2.29 bits per heavy atom. The van der Waals surface area contributed by atoms with Crippen LogP contribution < -0.4 is 5.32 Å². The van der Waals surface area contributed by atoms with Gasteiger partial charge < -0.3 is 5.32 Å². The van der Waals surface area contributed by atoms with E-state index in [0.717, 1.165) is 28.5 Å². The molecular formula is C12H15BrN4. The predicted molar refractivity (Wildman–Crippen MR) is 71.1 cm³/mol. The topological polar surface area (TPSA) is 42.2 Å². The van der Waals surface area contributed by atoms with Crippen molar-refractivity contribution in [3.05, 3.63) is 22.8 Å². The highest BCUT2D eigenvalue weighted by Crippen LogP contribution is 2.29. The zero-order chi connectivity index (χ0) is 11.7. The molecule has 1 fully saturated rings. The van der Waals surface area contributed by atoms with Crippen LogP contribution in [0.2, 0.25) is 0 Å². The molecule has 0 saturated heterocycles. The van der Waals surface area contributed by atoms with E-state index < -0.39 is 0 Å². The minimum absolute atomic E-state index is 0.724. The average molecular weight is 295 g/mol. The molecule has 3 rings (SSSR count). The number of fused-ring (bicyclic) bond motifs is 1. The molecule has 17 heavy (non-hydrogen) atoms. The van der Waals surface area contributed by atoms with Gasteiger partial charge in [-0.3, -0.25) is 0 Å². The van der Waals surface area contributed by atoms with Crippen molar-refractivity contribution in [2.75, 3.05) is 11.9 Å². The van der Waals surface area contributed by atoms with Gasteiger partial charge in [-0.25, -0.2) is 4.52 Å². The zero-order valence-corrected chi connectivity index (χ0v) is 11.2. The Balaban J connectivity index is 1.64. The molecule has 0 aliphatic heterocycles. The van der Waals surface area contributed by atoms with E-state index >= 15 is 0 Å². The number of rotatable bonds is 4. The van der Waals surface area contributed by atoms with Crippen LogP contribution in [0.5, 0.6) is 0 Å². The maximum Gasteiger partial charge on any atom is 0.243 e. The molecule has 0 unspecified atom stereocenters. The van der Waals surface area contributed by atoms with Crippen molar-refractivity contribution in [1.29, 1.82) is 0 Å². The molecule has 0 atom stereocenters. The minimum atomic E-state index is 0.724. The quantitative estimate of drug-likeness (QED) is 0.942. The molecular weight excluding hydrogens is 280 g/mol. The van der Waals surface area contributed by atoms with E-state index in [1.165, 1.54) is 25.7 Å². The van der Waals surface area contributed by atoms with E-state index in [1.807, 2.05) is 18.3 Å². The lowest BCUT2D eigenvalue weighted by molar-refractivity contribution is 0.303. The van der Waals surface area contributed by atoms with E-state index in [-0.39, 0.29) is 0 Å². The lowest BCUT2D eigenvalue weighted by Gasteiger charge is -2.24. The number of hydrogen-bond donors (Lipinski definition) is 1. The van der Waals surface area contributed by atoms with Gasteiger partial charge in [0, 0.05) is 17.2 Å². The van der Waals surface area contributed by atoms with Crippen LogP contribution in [-0.4, -0.2) is 21.1 Å². The Morgan fingerprint density at radius 1 is 1.41 bits per heavy atom. The molecule has 0 aromatic carbocycles. The second-order valence-corrected chi connectivity index (χ2v) is 5.51. The van der Waals surface area contributed by atoms with Crippen molar-refractivity contribution < 1.29 is 0 Å². The van der Waals surface area contributed by atoms with Gasteiger partial charge in [-0.05, 0) is 40.4 Å². The van der Waals surface area contributed by atoms with Gasteiger partial charge in [-0.15, -0.1) is 5.10 Å². The van der Waals surface area contributed by atoms with Gasteiger partial charge in [0.05, 0.1) is 0 Å². The Kier molecular flexibility index (Phi) is 3.01. The summed E-state index contributed by atoms with van der Waals surface area (Å²) in [6.45, 7) is 0.975. The van der Waals surface area contributed by atoms with E-state index in [0.29, 0.717) is 0 Å². The standard InChI is InChI=1S/C12H15BrN4/c13-10-4-5-11-15-12(16-17(11)8-10)14-7-6-9-2-1-3-9/h4-5,8-9H,1-3,6-7H2,(H,14,16). The van der Waals surface area contributed by atoms with Crippen LogP contribution in [0.4, 0.5) is 5.95 Å². The summed E-state index contributed by atoms with van der Waals surface area (Å²) in [6, 6.07) is 3.93. The number of nitrogens with zero attached hydrogens (tertiary/aromatic N) is 3. The molecule has 1 saturated carbocycles. The summed E-state index contributed by atoms with van der Waals surface area (Å²) in [5.41, 5.74) is 0.874. The summed E-state index contributed by atoms with van der Waals surface area (Å²) < 4.78 is 2.80. The number of aromatic nitrogens is 3. The molecule has 1 aliphatic rings. The summed E-state index contributed by atoms with van der Waals surface area (Å²) in [5.74, 6) is 1.65. The molecule has 1 aliphatic carbocycles. The number of anilines is 1. The maximum atomic E-state index is 4.41. The summed E-state index contributed by atoms with van der Waals surface area (Å²) in [5, 5.41) is 7.67. The highest BCUT2D eigenvalue weighted by atomic mass is 79.9. The van der Waals surface area contributed by atoms with Crippen molar-refractivity contribution in [3.8, 4) is 0 Å². The smallest absolute Gasteiger partial charge is 0.243 e. The van der Waals surface area contributed by atoms with Crippen molar-refractivity contribution in [3.63, 3.8) is 0 Å². The van der Waals surface area contributed by atoms with Crippen LogP contribution in [0.15, 0.2) is 22.8 Å². The Hall–Kier alpha value is -1.10. The predicted octanol–water partition coefficient (Wildman–Crippen LogP) is 3.09. The lowest BCUT2D eigenvalue weighted by atomic mass is 9.83. The Labute approximate surface area is 109 Å².